The van der Waals surface area contributed by atoms with Crippen LogP contribution in [0.5, 0.6) is 11.5 Å². The molecule has 0 aliphatic carbocycles. The van der Waals surface area contributed by atoms with Crippen LogP contribution in [0.4, 0.5) is 0 Å². The minimum absolute atomic E-state index is 0.237. The van der Waals surface area contributed by atoms with Crippen molar-refractivity contribution in [3.8, 4) is 11.5 Å². The number of halogens is 2. The van der Waals surface area contributed by atoms with E-state index in [1.54, 1.807) is 37.6 Å². The van der Waals surface area contributed by atoms with E-state index < -0.39 is 0 Å². The number of hydrogen-bond acceptors (Lipinski definition) is 3. The Morgan fingerprint density at radius 2 is 1.96 bits per heavy atom. The maximum absolute atomic E-state index is 6.17. The summed E-state index contributed by atoms with van der Waals surface area (Å²) < 4.78 is 11.2. The molecular formula is C19H20Cl2N3O2S+. The highest BCUT2D eigenvalue weighted by molar-refractivity contribution is 7.80. The van der Waals surface area contributed by atoms with Crippen LogP contribution < -0.4 is 25.3 Å². The van der Waals surface area contributed by atoms with Crippen LogP contribution in [0.1, 0.15) is 11.1 Å². The molecule has 0 heterocycles. The average Bonchev–Trinajstić information content (AvgIpc) is 2.66. The zero-order valence-corrected chi connectivity index (χ0v) is 17.0. The lowest BCUT2D eigenvalue weighted by atomic mass is 10.2. The highest BCUT2D eigenvalue weighted by Gasteiger charge is 2.10. The van der Waals surface area contributed by atoms with Gasteiger partial charge >= 0.3 is 0 Å². The van der Waals surface area contributed by atoms with Gasteiger partial charge in [-0.1, -0.05) is 35.3 Å². The van der Waals surface area contributed by atoms with Crippen molar-refractivity contribution in [3.05, 3.63) is 70.2 Å². The third kappa shape index (κ3) is 6.43. The van der Waals surface area contributed by atoms with Crippen LogP contribution in [-0.4, -0.2) is 25.0 Å². The van der Waals surface area contributed by atoms with Crippen LogP contribution in [0, 0.1) is 0 Å². The van der Waals surface area contributed by atoms with Crippen LogP contribution in [0.3, 0.4) is 0 Å². The summed E-state index contributed by atoms with van der Waals surface area (Å²) in [7, 11) is 1.58. The Bertz CT molecular complexity index is 823. The summed E-state index contributed by atoms with van der Waals surface area (Å²) in [6.45, 7) is 4.44. The molecule has 0 amide bonds. The zero-order valence-electron chi connectivity index (χ0n) is 14.7. The summed E-state index contributed by atoms with van der Waals surface area (Å²) in [5.74, 6) is 1.17. The molecule has 5 nitrogen and oxygen atoms in total. The second kappa shape index (κ2) is 10.8. The summed E-state index contributed by atoms with van der Waals surface area (Å²) in [5, 5.41) is 7.44. The first-order chi connectivity index (χ1) is 13.0. The predicted octanol–water partition coefficient (Wildman–Crippen LogP) is 2.65. The van der Waals surface area contributed by atoms with Crippen molar-refractivity contribution < 1.29 is 14.6 Å². The summed E-state index contributed by atoms with van der Waals surface area (Å²) in [6, 6.07) is 10.9. The molecule has 8 heteroatoms. The molecule has 0 radical (unpaired) electrons. The second-order valence-electron chi connectivity index (χ2n) is 5.31. The maximum atomic E-state index is 6.17. The van der Waals surface area contributed by atoms with Gasteiger partial charge in [-0.15, -0.1) is 17.1 Å². The van der Waals surface area contributed by atoms with E-state index in [2.05, 4.69) is 22.4 Å². The summed E-state index contributed by atoms with van der Waals surface area (Å²) in [5.41, 5.74) is 4.44. The van der Waals surface area contributed by atoms with Gasteiger partial charge in [-0.3, -0.25) is 0 Å². The summed E-state index contributed by atoms with van der Waals surface area (Å²) in [4.78, 5) is 0. The van der Waals surface area contributed by atoms with E-state index in [4.69, 9.17) is 44.9 Å². The molecule has 0 saturated heterocycles. The van der Waals surface area contributed by atoms with Crippen LogP contribution in [-0.2, 0) is 6.61 Å². The molecule has 2 aromatic carbocycles. The topological polar surface area (TPSA) is 56.5 Å². The number of rotatable bonds is 8. The van der Waals surface area contributed by atoms with Crippen LogP contribution in [0.25, 0.3) is 0 Å². The Kier molecular flexibility index (Phi) is 8.39. The van der Waals surface area contributed by atoms with Gasteiger partial charge in [-0.05, 0) is 42.5 Å². The third-order valence-corrected chi connectivity index (χ3v) is 4.41. The quantitative estimate of drug-likeness (QED) is 0.263. The van der Waals surface area contributed by atoms with E-state index in [0.717, 1.165) is 11.1 Å². The first-order valence-electron chi connectivity index (χ1n) is 8.02. The Morgan fingerprint density at radius 3 is 2.63 bits per heavy atom. The Balaban J connectivity index is 2.03. The van der Waals surface area contributed by atoms with Crippen molar-refractivity contribution in [2.45, 2.75) is 6.61 Å². The van der Waals surface area contributed by atoms with Gasteiger partial charge in [0.05, 0.1) is 7.11 Å². The van der Waals surface area contributed by atoms with Gasteiger partial charge < -0.3 is 14.8 Å². The molecule has 0 aliphatic rings. The lowest BCUT2D eigenvalue weighted by Gasteiger charge is -2.12. The molecule has 0 aromatic heterocycles. The lowest BCUT2D eigenvalue weighted by Crippen LogP contribution is -2.82. The molecule has 0 bridgehead atoms. The van der Waals surface area contributed by atoms with Gasteiger partial charge in [0.25, 0.3) is 0 Å². The third-order valence-electron chi connectivity index (χ3n) is 3.45. The van der Waals surface area contributed by atoms with E-state index in [1.807, 2.05) is 18.2 Å². The highest BCUT2D eigenvalue weighted by Crippen LogP contribution is 2.30. The molecule has 142 valence electrons. The smallest absolute Gasteiger partial charge is 0.224 e. The molecule has 0 spiro atoms. The Morgan fingerprint density at radius 1 is 1.22 bits per heavy atom. The minimum atomic E-state index is 0.237. The number of thiocarbonyl (C=S) groups is 1. The molecule has 2 rings (SSSR count). The van der Waals surface area contributed by atoms with E-state index in [9.17, 15) is 0 Å². The standard InChI is InChI=1S/C19H19Cl2N3O2S/c1-3-9-22-19(27)24-23-11-13-7-8-17(18(10-13)25-2)26-12-14-15(20)5-4-6-16(14)21/h3-8,10-11H,1,9,12H2,2H3,(H2,22,24,27)/p+1. The van der Waals surface area contributed by atoms with Crippen molar-refractivity contribution >= 4 is 46.7 Å². The van der Waals surface area contributed by atoms with Gasteiger partial charge in [0.15, 0.2) is 17.7 Å². The van der Waals surface area contributed by atoms with Crippen molar-refractivity contribution in [1.29, 1.82) is 0 Å². The first kappa shape index (κ1) is 21.0. The number of methoxy groups -OCH3 is 1. The van der Waals surface area contributed by atoms with E-state index in [0.29, 0.717) is 33.2 Å². The van der Waals surface area contributed by atoms with E-state index in [-0.39, 0.29) is 6.61 Å². The van der Waals surface area contributed by atoms with Gasteiger partial charge in [0.2, 0.25) is 5.11 Å². The van der Waals surface area contributed by atoms with Crippen LogP contribution in [0.15, 0.2) is 49.1 Å². The number of hydrazone groups is 1. The summed E-state index contributed by atoms with van der Waals surface area (Å²) >= 11 is 17.4. The first-order valence-corrected chi connectivity index (χ1v) is 9.18. The van der Waals surface area contributed by atoms with Crippen molar-refractivity contribution in [1.82, 2.24) is 10.7 Å². The summed E-state index contributed by atoms with van der Waals surface area (Å²) in [6.07, 6.45) is 3.47. The molecule has 0 saturated carbocycles. The fraction of sp³-hybridized carbons (Fsp3) is 0.158. The van der Waals surface area contributed by atoms with Crippen LogP contribution >= 0.6 is 35.4 Å². The van der Waals surface area contributed by atoms with Crippen molar-refractivity contribution in [2.24, 2.45) is 0 Å². The monoisotopic (exact) mass is 424 g/mol. The molecular weight excluding hydrogens is 405 g/mol. The molecule has 3 N–H and O–H groups in total. The van der Waals surface area contributed by atoms with E-state index in [1.165, 1.54) is 0 Å². The number of benzene rings is 2. The Hall–Kier alpha value is -2.28. The van der Waals surface area contributed by atoms with Crippen molar-refractivity contribution in [3.63, 3.8) is 0 Å². The average molecular weight is 425 g/mol. The fourth-order valence-electron chi connectivity index (χ4n) is 2.11. The largest absolute Gasteiger partial charge is 0.493 e. The number of hydrazine groups is 1. The van der Waals surface area contributed by atoms with Gasteiger partial charge in [-0.25, -0.2) is 0 Å². The van der Waals surface area contributed by atoms with Crippen LogP contribution in [0.2, 0.25) is 10.0 Å². The second-order valence-corrected chi connectivity index (χ2v) is 6.53. The molecule has 0 fully saturated rings. The highest BCUT2D eigenvalue weighted by atomic mass is 35.5. The van der Waals surface area contributed by atoms with Crippen molar-refractivity contribution in [2.75, 3.05) is 13.7 Å². The predicted molar refractivity (Wildman–Crippen MR) is 114 cm³/mol. The van der Waals surface area contributed by atoms with Gasteiger partial charge in [0, 0.05) is 27.7 Å². The molecule has 0 atom stereocenters. The number of ether oxygens (including phenoxy) is 2. The normalized spacial score (nSPS) is 10.5. The molecule has 2 aromatic rings. The zero-order chi connectivity index (χ0) is 19.6. The van der Waals surface area contributed by atoms with E-state index >= 15 is 0 Å². The van der Waals surface area contributed by atoms with Gasteiger partial charge in [-0.2, -0.15) is 0 Å². The molecule has 27 heavy (non-hydrogen) atoms. The SMILES string of the molecule is C=CCNC(=S)N[NH+]=Cc1ccc(OCc2c(Cl)cccc2Cl)c(OC)c1. The Labute approximate surface area is 174 Å². The maximum Gasteiger partial charge on any atom is 0.224 e. The minimum Gasteiger partial charge on any atom is -0.493 e. The number of hydrogen-bond donors (Lipinski definition) is 3. The number of nitrogens with one attached hydrogen (secondary N) is 3. The van der Waals surface area contributed by atoms with Gasteiger partial charge in [0.1, 0.15) is 6.61 Å². The fourth-order valence-corrected chi connectivity index (χ4v) is 2.76. The molecule has 0 aliphatic heterocycles. The lowest BCUT2D eigenvalue weighted by molar-refractivity contribution is -0.500. The molecule has 0 unspecified atom stereocenters.